The number of amides is 2. The van der Waals surface area contributed by atoms with Crippen LogP contribution in [0.3, 0.4) is 0 Å². The summed E-state index contributed by atoms with van der Waals surface area (Å²) in [6, 6.07) is 9.84. The first-order chi connectivity index (χ1) is 12.1. The van der Waals surface area contributed by atoms with Crippen molar-refractivity contribution in [2.24, 2.45) is 5.92 Å². The van der Waals surface area contributed by atoms with E-state index in [4.69, 9.17) is 0 Å². The van der Waals surface area contributed by atoms with Crippen LogP contribution in [0.25, 0.3) is 0 Å². The second-order valence-electron chi connectivity index (χ2n) is 7.33. The fourth-order valence-electron chi connectivity index (χ4n) is 3.87. The highest BCUT2D eigenvalue weighted by molar-refractivity contribution is 5.92. The lowest BCUT2D eigenvalue weighted by atomic mass is 9.94. The van der Waals surface area contributed by atoms with Crippen LogP contribution in [0.5, 0.6) is 0 Å². The van der Waals surface area contributed by atoms with Gasteiger partial charge in [0, 0.05) is 17.6 Å². The van der Waals surface area contributed by atoms with Crippen LogP contribution in [0.15, 0.2) is 30.3 Å². The van der Waals surface area contributed by atoms with Gasteiger partial charge in [-0.3, -0.25) is 14.5 Å². The van der Waals surface area contributed by atoms with Gasteiger partial charge in [-0.1, -0.05) is 31.0 Å². The van der Waals surface area contributed by atoms with Gasteiger partial charge in [-0.2, -0.15) is 0 Å². The van der Waals surface area contributed by atoms with Gasteiger partial charge in [0.1, 0.15) is 0 Å². The molecule has 2 amide bonds. The maximum Gasteiger partial charge on any atom is 0.237 e. The molecule has 25 heavy (non-hydrogen) atoms. The Labute approximate surface area is 150 Å². The van der Waals surface area contributed by atoms with Gasteiger partial charge in [0.15, 0.2) is 0 Å². The fourth-order valence-corrected chi connectivity index (χ4v) is 3.87. The van der Waals surface area contributed by atoms with Crippen LogP contribution in [0.2, 0.25) is 0 Å². The van der Waals surface area contributed by atoms with E-state index in [0.717, 1.165) is 44.5 Å². The quantitative estimate of drug-likeness (QED) is 0.864. The van der Waals surface area contributed by atoms with Gasteiger partial charge in [-0.25, -0.2) is 0 Å². The Bertz CT molecular complexity index is 576. The Kier molecular flexibility index (Phi) is 6.08. The van der Waals surface area contributed by atoms with Gasteiger partial charge in [0.25, 0.3) is 0 Å². The third-order valence-electron chi connectivity index (χ3n) is 5.57. The van der Waals surface area contributed by atoms with Crippen molar-refractivity contribution < 1.29 is 9.59 Å². The summed E-state index contributed by atoms with van der Waals surface area (Å²) in [4.78, 5) is 27.0. The summed E-state index contributed by atoms with van der Waals surface area (Å²) < 4.78 is 0. The van der Waals surface area contributed by atoms with Crippen LogP contribution in [0.4, 0.5) is 5.69 Å². The zero-order chi connectivity index (χ0) is 17.6. The lowest BCUT2D eigenvalue weighted by molar-refractivity contribution is -0.127. The molecule has 0 aromatic heterocycles. The van der Waals surface area contributed by atoms with Crippen molar-refractivity contribution in [2.45, 2.75) is 57.5 Å². The second-order valence-corrected chi connectivity index (χ2v) is 7.33. The molecule has 1 aromatic rings. The Hall–Kier alpha value is -1.88. The van der Waals surface area contributed by atoms with E-state index in [2.05, 4.69) is 15.5 Å². The van der Waals surface area contributed by atoms with Crippen molar-refractivity contribution in [1.29, 1.82) is 0 Å². The monoisotopic (exact) mass is 343 g/mol. The summed E-state index contributed by atoms with van der Waals surface area (Å²) in [7, 11) is 0. The number of nitrogens with zero attached hydrogens (tertiary/aromatic N) is 1. The zero-order valence-corrected chi connectivity index (χ0v) is 15.0. The third-order valence-corrected chi connectivity index (χ3v) is 5.57. The van der Waals surface area contributed by atoms with E-state index in [-0.39, 0.29) is 23.8 Å². The van der Waals surface area contributed by atoms with Gasteiger partial charge in [-0.05, 0) is 57.8 Å². The first-order valence-electron chi connectivity index (χ1n) is 9.54. The Morgan fingerprint density at radius 1 is 1.04 bits per heavy atom. The average molecular weight is 343 g/mol. The molecule has 0 bridgehead atoms. The van der Waals surface area contributed by atoms with Gasteiger partial charge in [0.2, 0.25) is 11.8 Å². The lowest BCUT2D eigenvalue weighted by Gasteiger charge is -2.35. The van der Waals surface area contributed by atoms with Gasteiger partial charge >= 0.3 is 0 Å². The molecule has 1 heterocycles. The standard InChI is InChI=1S/C20H29N3O2/c1-15(19(24)21-17-9-5-6-10-17)23-13-11-16(12-14-23)20(25)22-18-7-3-2-4-8-18/h2-4,7-8,15-17H,5-6,9-14H2,1H3,(H,21,24)(H,22,25). The largest absolute Gasteiger partial charge is 0.352 e. The number of hydrogen-bond donors (Lipinski definition) is 2. The molecule has 136 valence electrons. The van der Waals surface area contributed by atoms with E-state index in [1.807, 2.05) is 37.3 Å². The van der Waals surface area contributed by atoms with Crippen LogP contribution in [0.1, 0.15) is 45.4 Å². The summed E-state index contributed by atoms with van der Waals surface area (Å²) in [5.74, 6) is 0.259. The van der Waals surface area contributed by atoms with Gasteiger partial charge in [-0.15, -0.1) is 0 Å². The Balaban J connectivity index is 1.44. The molecular formula is C20H29N3O2. The summed E-state index contributed by atoms with van der Waals surface area (Å²) >= 11 is 0. The molecule has 1 aromatic carbocycles. The zero-order valence-electron chi connectivity index (χ0n) is 15.0. The molecule has 5 nitrogen and oxygen atoms in total. The number of likely N-dealkylation sites (tertiary alicyclic amines) is 1. The van der Waals surface area contributed by atoms with Crippen molar-refractivity contribution in [1.82, 2.24) is 10.2 Å². The molecule has 1 aliphatic heterocycles. The van der Waals surface area contributed by atoms with Crippen molar-refractivity contribution >= 4 is 17.5 Å². The van der Waals surface area contributed by atoms with Crippen LogP contribution in [0, 0.1) is 5.92 Å². The molecule has 1 aliphatic carbocycles. The molecule has 0 radical (unpaired) electrons. The first kappa shape index (κ1) is 17.9. The van der Waals surface area contributed by atoms with E-state index in [1.54, 1.807) is 0 Å². The van der Waals surface area contributed by atoms with Gasteiger partial charge in [0.05, 0.1) is 6.04 Å². The van der Waals surface area contributed by atoms with E-state index in [1.165, 1.54) is 12.8 Å². The average Bonchev–Trinajstić information content (AvgIpc) is 3.15. The highest BCUT2D eigenvalue weighted by Crippen LogP contribution is 2.22. The predicted octanol–water partition coefficient (Wildman–Crippen LogP) is 2.78. The predicted molar refractivity (Wildman–Crippen MR) is 99.2 cm³/mol. The maximum absolute atomic E-state index is 12.4. The van der Waals surface area contributed by atoms with Crippen LogP contribution in [-0.4, -0.2) is 41.9 Å². The Morgan fingerprint density at radius 3 is 2.32 bits per heavy atom. The summed E-state index contributed by atoms with van der Waals surface area (Å²) in [5.41, 5.74) is 0.847. The molecular weight excluding hydrogens is 314 g/mol. The minimum Gasteiger partial charge on any atom is -0.352 e. The van der Waals surface area contributed by atoms with Crippen LogP contribution in [-0.2, 0) is 9.59 Å². The van der Waals surface area contributed by atoms with Gasteiger partial charge < -0.3 is 10.6 Å². The third kappa shape index (κ3) is 4.82. The molecule has 2 N–H and O–H groups in total. The van der Waals surface area contributed by atoms with E-state index in [9.17, 15) is 9.59 Å². The maximum atomic E-state index is 12.4. The molecule has 2 aliphatic rings. The summed E-state index contributed by atoms with van der Waals surface area (Å²) in [6.07, 6.45) is 6.28. The number of rotatable bonds is 5. The van der Waals surface area contributed by atoms with Crippen molar-refractivity contribution in [3.63, 3.8) is 0 Å². The normalized spacial score (nSPS) is 21.0. The molecule has 0 spiro atoms. The van der Waals surface area contributed by atoms with Crippen LogP contribution < -0.4 is 10.6 Å². The lowest BCUT2D eigenvalue weighted by Crippen LogP contribution is -2.50. The Morgan fingerprint density at radius 2 is 1.68 bits per heavy atom. The van der Waals surface area contributed by atoms with Crippen LogP contribution >= 0.6 is 0 Å². The van der Waals surface area contributed by atoms with Crippen molar-refractivity contribution in [3.8, 4) is 0 Å². The molecule has 1 saturated heterocycles. The smallest absolute Gasteiger partial charge is 0.237 e. The minimum absolute atomic E-state index is 0.0292. The van der Waals surface area contributed by atoms with Crippen molar-refractivity contribution in [2.75, 3.05) is 18.4 Å². The number of piperidine rings is 1. The summed E-state index contributed by atoms with van der Waals surface area (Å²) in [5, 5.41) is 6.17. The fraction of sp³-hybridized carbons (Fsp3) is 0.600. The van der Waals surface area contributed by atoms with E-state index >= 15 is 0 Å². The minimum atomic E-state index is -0.112. The molecule has 1 atom stereocenters. The van der Waals surface area contributed by atoms with Crippen molar-refractivity contribution in [3.05, 3.63) is 30.3 Å². The molecule has 5 heteroatoms. The molecule has 2 fully saturated rings. The first-order valence-corrected chi connectivity index (χ1v) is 9.54. The molecule has 1 saturated carbocycles. The van der Waals surface area contributed by atoms with E-state index < -0.39 is 0 Å². The number of nitrogens with one attached hydrogen (secondary N) is 2. The SMILES string of the molecule is CC(C(=O)NC1CCCC1)N1CCC(C(=O)Nc2ccccc2)CC1. The second kappa shape index (κ2) is 8.48. The van der Waals surface area contributed by atoms with E-state index in [0.29, 0.717) is 6.04 Å². The topological polar surface area (TPSA) is 61.4 Å². The number of carbonyl (C=O) groups is 2. The highest BCUT2D eigenvalue weighted by Gasteiger charge is 2.30. The molecule has 3 rings (SSSR count). The molecule has 1 unspecified atom stereocenters. The number of para-hydroxylation sites is 1. The number of carbonyl (C=O) groups excluding carboxylic acids is 2. The summed E-state index contributed by atoms with van der Waals surface area (Å²) in [6.45, 7) is 3.58. The number of benzene rings is 1. The number of anilines is 1. The highest BCUT2D eigenvalue weighted by atomic mass is 16.2. The number of hydrogen-bond acceptors (Lipinski definition) is 3.